The van der Waals surface area contributed by atoms with Crippen molar-refractivity contribution in [3.8, 4) is 0 Å². The van der Waals surface area contributed by atoms with Crippen molar-refractivity contribution in [2.45, 2.75) is 11.4 Å². The summed E-state index contributed by atoms with van der Waals surface area (Å²) < 4.78 is 49.5. The maximum Gasteiger partial charge on any atom is 0.208 e. The summed E-state index contributed by atoms with van der Waals surface area (Å²) in [5.74, 6) is 0.136. The van der Waals surface area contributed by atoms with Gasteiger partial charge in [-0.25, -0.2) is 26.5 Å². The van der Waals surface area contributed by atoms with E-state index in [0.29, 0.717) is 5.52 Å². The summed E-state index contributed by atoms with van der Waals surface area (Å²) in [6, 6.07) is 4.75. The number of hydrogen-bond acceptors (Lipinski definition) is 6. The van der Waals surface area contributed by atoms with Crippen LogP contribution in [0.5, 0.6) is 0 Å². The molecule has 0 aliphatic rings. The second-order valence-electron chi connectivity index (χ2n) is 4.68. The molecule has 8 nitrogen and oxygen atoms in total. The van der Waals surface area contributed by atoms with E-state index < -0.39 is 19.9 Å². The Kier molecular flexibility index (Phi) is 3.95. The number of sulfonamides is 1. The minimum absolute atomic E-state index is 0.0986. The summed E-state index contributed by atoms with van der Waals surface area (Å²) >= 11 is 0. The molecule has 3 N–H and O–H groups in total. The molecule has 0 spiro atoms. The molecule has 1 aromatic heterocycles. The van der Waals surface area contributed by atoms with Crippen molar-refractivity contribution in [3.63, 3.8) is 0 Å². The summed E-state index contributed by atoms with van der Waals surface area (Å²) in [6.07, 6.45) is 2.16. The van der Waals surface area contributed by atoms with Crippen LogP contribution < -0.4 is 10.5 Å². The standard InChI is InChI=1S/C11H16N4O4S2/c1-20(16,17)9-5-3-4-8-10(9)14-11(12)15(8)7-6-13-21(2,18)19/h3-5,13H,6-7H2,1-2H3,(H2,12,14). The van der Waals surface area contributed by atoms with Gasteiger partial charge in [-0.15, -0.1) is 0 Å². The van der Waals surface area contributed by atoms with E-state index in [1.807, 2.05) is 0 Å². The maximum absolute atomic E-state index is 11.7. The van der Waals surface area contributed by atoms with Gasteiger partial charge in [0.1, 0.15) is 5.52 Å². The number of para-hydroxylation sites is 1. The quantitative estimate of drug-likeness (QED) is 0.765. The van der Waals surface area contributed by atoms with Gasteiger partial charge in [0, 0.05) is 19.3 Å². The van der Waals surface area contributed by atoms with E-state index in [2.05, 4.69) is 9.71 Å². The number of hydrogen-bond donors (Lipinski definition) is 2. The van der Waals surface area contributed by atoms with Crippen molar-refractivity contribution >= 4 is 36.8 Å². The SMILES string of the molecule is CS(=O)(=O)NCCn1c(N)nc2c(S(C)(=O)=O)cccc21. The zero-order valence-corrected chi connectivity index (χ0v) is 13.2. The van der Waals surface area contributed by atoms with Crippen molar-refractivity contribution in [3.05, 3.63) is 18.2 Å². The Hall–Kier alpha value is -1.65. The molecule has 0 aliphatic heterocycles. The number of nitrogens with zero attached hydrogens (tertiary/aromatic N) is 2. The Morgan fingerprint density at radius 1 is 1.24 bits per heavy atom. The van der Waals surface area contributed by atoms with Gasteiger partial charge in [-0.2, -0.15) is 0 Å². The second-order valence-corrected chi connectivity index (χ2v) is 8.50. The van der Waals surface area contributed by atoms with Gasteiger partial charge >= 0.3 is 0 Å². The predicted octanol–water partition coefficient (Wildman–Crippen LogP) is -0.429. The van der Waals surface area contributed by atoms with Crippen LogP contribution in [0.15, 0.2) is 23.1 Å². The van der Waals surface area contributed by atoms with Crippen LogP contribution in [0, 0.1) is 0 Å². The monoisotopic (exact) mass is 332 g/mol. The fraction of sp³-hybridized carbons (Fsp3) is 0.364. The Morgan fingerprint density at radius 2 is 1.90 bits per heavy atom. The molecule has 0 fully saturated rings. The number of nitrogens with two attached hydrogens (primary N) is 1. The zero-order valence-electron chi connectivity index (χ0n) is 11.6. The Bertz CT molecular complexity index is 884. The third-order valence-electron chi connectivity index (χ3n) is 2.87. The first-order chi connectivity index (χ1) is 9.59. The van der Waals surface area contributed by atoms with E-state index >= 15 is 0 Å². The van der Waals surface area contributed by atoms with Gasteiger partial charge in [-0.05, 0) is 12.1 Å². The minimum atomic E-state index is -3.42. The molecule has 116 valence electrons. The van der Waals surface area contributed by atoms with Gasteiger partial charge in [0.05, 0.1) is 16.7 Å². The summed E-state index contributed by atoms with van der Waals surface area (Å²) in [4.78, 5) is 4.18. The summed E-state index contributed by atoms with van der Waals surface area (Å²) in [5, 5.41) is 0. The van der Waals surface area contributed by atoms with Gasteiger partial charge in [-0.3, -0.25) is 0 Å². The van der Waals surface area contributed by atoms with Gasteiger partial charge in [0.25, 0.3) is 0 Å². The van der Waals surface area contributed by atoms with Crippen LogP contribution in [-0.4, -0.2) is 45.4 Å². The normalized spacial score (nSPS) is 12.9. The Balaban J connectivity index is 2.45. The first-order valence-electron chi connectivity index (χ1n) is 5.99. The number of nitrogen functional groups attached to an aromatic ring is 1. The minimum Gasteiger partial charge on any atom is -0.369 e. The number of imidazole rings is 1. The molecular formula is C11H16N4O4S2. The first kappa shape index (κ1) is 15.7. The maximum atomic E-state index is 11.7. The first-order valence-corrected chi connectivity index (χ1v) is 9.77. The number of aromatic nitrogens is 2. The second kappa shape index (κ2) is 5.28. The average molecular weight is 332 g/mol. The predicted molar refractivity (Wildman–Crippen MR) is 80.1 cm³/mol. The third-order valence-corrected chi connectivity index (χ3v) is 4.73. The average Bonchev–Trinajstić information content (AvgIpc) is 2.63. The molecule has 21 heavy (non-hydrogen) atoms. The molecule has 0 radical (unpaired) electrons. The zero-order chi connectivity index (χ0) is 15.8. The van der Waals surface area contributed by atoms with Crippen LogP contribution in [0.2, 0.25) is 0 Å². The van der Waals surface area contributed by atoms with Crippen LogP contribution in [0.1, 0.15) is 0 Å². The van der Waals surface area contributed by atoms with Gasteiger partial charge < -0.3 is 10.3 Å². The molecule has 0 saturated heterocycles. The van der Waals surface area contributed by atoms with E-state index in [1.54, 1.807) is 16.7 Å². The van der Waals surface area contributed by atoms with Crippen molar-refractivity contribution < 1.29 is 16.8 Å². The van der Waals surface area contributed by atoms with Crippen LogP contribution >= 0.6 is 0 Å². The number of rotatable bonds is 5. The number of fused-ring (bicyclic) bond motifs is 1. The molecule has 1 aromatic carbocycles. The summed E-state index contributed by atoms with van der Waals surface area (Å²) in [6.45, 7) is 0.389. The Morgan fingerprint density at radius 3 is 2.48 bits per heavy atom. The van der Waals surface area contributed by atoms with Crippen LogP contribution in [0.3, 0.4) is 0 Å². The topological polar surface area (TPSA) is 124 Å². The lowest BCUT2D eigenvalue weighted by Crippen LogP contribution is -2.26. The van der Waals surface area contributed by atoms with Gasteiger partial charge in [0.15, 0.2) is 9.84 Å². The van der Waals surface area contributed by atoms with Crippen LogP contribution in [0.4, 0.5) is 5.95 Å². The highest BCUT2D eigenvalue weighted by Gasteiger charge is 2.17. The van der Waals surface area contributed by atoms with Crippen molar-refractivity contribution in [2.75, 3.05) is 24.8 Å². The summed E-state index contributed by atoms with van der Waals surface area (Å²) in [7, 11) is -6.71. The molecule has 0 bridgehead atoms. The molecule has 2 rings (SSSR count). The molecule has 1 heterocycles. The van der Waals surface area contributed by atoms with Crippen LogP contribution in [0.25, 0.3) is 11.0 Å². The largest absolute Gasteiger partial charge is 0.369 e. The van der Waals surface area contributed by atoms with Crippen molar-refractivity contribution in [1.29, 1.82) is 0 Å². The van der Waals surface area contributed by atoms with E-state index in [-0.39, 0.29) is 29.5 Å². The number of anilines is 1. The molecular weight excluding hydrogens is 316 g/mol. The lowest BCUT2D eigenvalue weighted by molar-refractivity contribution is 0.581. The van der Waals surface area contributed by atoms with Gasteiger partial charge in [0.2, 0.25) is 16.0 Å². The molecule has 0 atom stereocenters. The molecule has 0 saturated carbocycles. The van der Waals surface area contributed by atoms with Gasteiger partial charge in [-0.1, -0.05) is 6.07 Å². The van der Waals surface area contributed by atoms with Crippen LogP contribution in [-0.2, 0) is 26.4 Å². The lowest BCUT2D eigenvalue weighted by atomic mass is 10.3. The van der Waals surface area contributed by atoms with E-state index in [0.717, 1.165) is 12.5 Å². The lowest BCUT2D eigenvalue weighted by Gasteiger charge is -2.07. The molecule has 0 amide bonds. The molecule has 10 heteroatoms. The van der Waals surface area contributed by atoms with Crippen molar-refractivity contribution in [2.24, 2.45) is 0 Å². The number of benzene rings is 1. The summed E-state index contributed by atoms with van der Waals surface area (Å²) in [5.41, 5.74) is 6.63. The third kappa shape index (κ3) is 3.52. The van der Waals surface area contributed by atoms with Crippen molar-refractivity contribution in [1.82, 2.24) is 14.3 Å². The van der Waals surface area contributed by atoms with E-state index in [1.165, 1.54) is 6.07 Å². The number of sulfone groups is 1. The molecule has 0 aliphatic carbocycles. The highest BCUT2D eigenvalue weighted by Crippen LogP contribution is 2.24. The van der Waals surface area contributed by atoms with E-state index in [9.17, 15) is 16.8 Å². The molecule has 0 unspecified atom stereocenters. The fourth-order valence-electron chi connectivity index (χ4n) is 2.02. The smallest absolute Gasteiger partial charge is 0.208 e. The molecule has 2 aromatic rings. The highest BCUT2D eigenvalue weighted by molar-refractivity contribution is 7.91. The fourth-order valence-corrected chi connectivity index (χ4v) is 3.31. The Labute approximate surface area is 122 Å². The van der Waals surface area contributed by atoms with E-state index in [4.69, 9.17) is 5.73 Å². The highest BCUT2D eigenvalue weighted by atomic mass is 32.2. The number of nitrogens with one attached hydrogen (secondary N) is 1.